The zero-order valence-corrected chi connectivity index (χ0v) is 37.8. The Kier molecular flexibility index (Phi) is 11.4. The van der Waals surface area contributed by atoms with Gasteiger partial charge in [-0.3, -0.25) is 14.2 Å². The van der Waals surface area contributed by atoms with E-state index in [2.05, 4.69) is 38.2 Å². The van der Waals surface area contributed by atoms with Crippen LogP contribution < -0.4 is 14.8 Å². The summed E-state index contributed by atoms with van der Waals surface area (Å²) in [5, 5.41) is 34.4. The normalized spacial score (nSPS) is 13.8. The Labute approximate surface area is 390 Å². The minimum absolute atomic E-state index is 0.0180. The van der Waals surface area contributed by atoms with E-state index in [0.717, 1.165) is 38.4 Å². The molecule has 16 nitrogen and oxygen atoms in total. The van der Waals surface area contributed by atoms with Crippen LogP contribution in [0.3, 0.4) is 0 Å². The third-order valence-electron chi connectivity index (χ3n) is 12.6. The van der Waals surface area contributed by atoms with E-state index in [0.29, 0.717) is 78.7 Å². The Balaban J connectivity index is 0.757. The fraction of sp³-hybridized carbons (Fsp3) is 0.231. The molecule has 0 bridgehead atoms. The lowest BCUT2D eigenvalue weighted by atomic mass is 9.98. The Bertz CT molecular complexity index is 3300. The van der Waals surface area contributed by atoms with Crippen LogP contribution in [0.1, 0.15) is 77.2 Å². The van der Waals surface area contributed by atoms with Crippen molar-refractivity contribution < 1.29 is 38.8 Å². The lowest BCUT2D eigenvalue weighted by Crippen LogP contribution is -2.48. The number of carbonyl (C=O) groups excluding carboxylic acids is 3. The Morgan fingerprint density at radius 1 is 0.868 bits per heavy atom. The third kappa shape index (κ3) is 8.25. The second kappa shape index (κ2) is 17.8. The number of fused-ring (bicyclic) bond motifs is 5. The fourth-order valence-corrected chi connectivity index (χ4v) is 8.90. The summed E-state index contributed by atoms with van der Waals surface area (Å²) in [6, 6.07) is 26.3. The highest BCUT2D eigenvalue weighted by molar-refractivity contribution is 6.02. The number of nitrogens with one attached hydrogen (secondary N) is 1. The van der Waals surface area contributed by atoms with Crippen LogP contribution in [-0.4, -0.2) is 94.8 Å². The van der Waals surface area contributed by atoms with Gasteiger partial charge in [0.15, 0.2) is 5.82 Å². The highest BCUT2D eigenvalue weighted by atomic mass is 16.6. The molecular formula is C52H48N8O8. The quantitative estimate of drug-likeness (QED) is 0.119. The van der Waals surface area contributed by atoms with E-state index in [1.54, 1.807) is 95.3 Å². The molecule has 0 saturated carbocycles. The number of hydrogen-bond donors (Lipinski definition) is 3. The molecule has 0 spiro atoms. The Morgan fingerprint density at radius 3 is 2.34 bits per heavy atom. The van der Waals surface area contributed by atoms with Crippen molar-refractivity contribution in [1.29, 1.82) is 0 Å². The number of phenols is 2. The molecule has 10 rings (SSSR count). The first kappa shape index (κ1) is 43.5. The fourth-order valence-electron chi connectivity index (χ4n) is 8.90. The lowest BCUT2D eigenvalue weighted by molar-refractivity contribution is 0.0648. The number of aromatic nitrogens is 5. The van der Waals surface area contributed by atoms with Gasteiger partial charge in [0.25, 0.3) is 11.8 Å². The molecule has 8 aromatic rings. The average molecular weight is 913 g/mol. The Hall–Kier alpha value is -8.40. The second-order valence-corrected chi connectivity index (χ2v) is 17.3. The maximum atomic E-state index is 13.6. The van der Waals surface area contributed by atoms with Crippen LogP contribution in [0.25, 0.3) is 50.5 Å². The number of hydrogen-bond acceptors (Lipinski definition) is 11. The summed E-state index contributed by atoms with van der Waals surface area (Å²) in [4.78, 5) is 48.4. The van der Waals surface area contributed by atoms with Crippen LogP contribution in [0.4, 0.5) is 4.79 Å². The molecule has 4 aromatic heterocycles. The first-order valence-electron chi connectivity index (χ1n) is 22.5. The van der Waals surface area contributed by atoms with E-state index in [1.165, 1.54) is 6.07 Å². The maximum absolute atomic E-state index is 13.6. The highest BCUT2D eigenvalue weighted by Crippen LogP contribution is 2.39. The monoisotopic (exact) mass is 912 g/mol. The molecule has 0 aliphatic carbocycles. The second-order valence-electron chi connectivity index (χ2n) is 17.3. The molecule has 6 heterocycles. The standard InChI is InChI=1S/C52H48N8O8/c1-5-53-50(63)49-56-55-48(42-25-41(30(2)3)45(61)26-46(42)62)60(49)37-8-12-39(13-9-37)67-38-10-6-31(7-11-38)51(64)58-19-16-36(17-20-58)57(4)52(65)68-40-14-15-43-33(23-40)22-34-27-59-28-35-29-66-21-18-32(35)24-44(59)47(34)54-43/h6-15,18,21-28,30,36,61-62H,5,16-17,19-20,29H2,1-4H3,(H,53,63). The lowest BCUT2D eigenvalue weighted by Gasteiger charge is -2.36. The van der Waals surface area contributed by atoms with Crippen molar-refractivity contribution in [3.63, 3.8) is 0 Å². The molecule has 1 saturated heterocycles. The van der Waals surface area contributed by atoms with Crippen molar-refractivity contribution in [1.82, 2.24) is 39.3 Å². The molecule has 2 aliphatic heterocycles. The molecule has 0 radical (unpaired) electrons. The molecule has 16 heteroatoms. The highest BCUT2D eigenvalue weighted by Gasteiger charge is 2.30. The number of rotatable bonds is 10. The number of piperidine rings is 1. The van der Waals surface area contributed by atoms with Crippen molar-refractivity contribution in [2.75, 3.05) is 26.7 Å². The number of likely N-dealkylation sites (tertiary alicyclic amines) is 1. The number of ether oxygens (including phenoxy) is 3. The van der Waals surface area contributed by atoms with Gasteiger partial charge in [0.05, 0.1) is 28.4 Å². The van der Waals surface area contributed by atoms with Crippen molar-refractivity contribution in [3.05, 3.63) is 138 Å². The molecule has 344 valence electrons. The van der Waals surface area contributed by atoms with Crippen LogP contribution in [0.15, 0.2) is 110 Å². The number of aromatic hydroxyl groups is 2. The third-order valence-corrected chi connectivity index (χ3v) is 12.6. The van der Waals surface area contributed by atoms with Crippen molar-refractivity contribution in [3.8, 4) is 45.8 Å². The number of carbonyl (C=O) groups is 3. The predicted octanol–water partition coefficient (Wildman–Crippen LogP) is 9.20. The molecule has 4 aromatic carbocycles. The molecule has 0 unspecified atom stereocenters. The molecule has 2 aliphatic rings. The van der Waals surface area contributed by atoms with Gasteiger partial charge in [-0.25, -0.2) is 9.78 Å². The summed E-state index contributed by atoms with van der Waals surface area (Å²) < 4.78 is 21.1. The zero-order valence-electron chi connectivity index (χ0n) is 37.8. The number of nitrogens with zero attached hydrogens (tertiary/aromatic N) is 7. The molecular weight excluding hydrogens is 865 g/mol. The van der Waals surface area contributed by atoms with Crippen LogP contribution in [-0.2, 0) is 11.3 Å². The summed E-state index contributed by atoms with van der Waals surface area (Å²) in [5.41, 5.74) is 6.88. The van der Waals surface area contributed by atoms with Crippen LogP contribution >= 0.6 is 0 Å². The minimum atomic E-state index is -0.467. The number of benzene rings is 4. The molecule has 68 heavy (non-hydrogen) atoms. The SMILES string of the molecule is CCNC(=O)c1nnc(-c2cc(C(C)C)c(O)cc2O)n1-c1ccc(Oc2ccc(C(=O)N3CCC(N(C)C(=O)Oc4ccc5nc6c(cc5c4)cn4cc5c(cc64)C=COC5)CC3)cc2)cc1. The van der Waals surface area contributed by atoms with E-state index in [9.17, 15) is 24.6 Å². The topological polar surface area (TPSA) is 186 Å². The number of phenolic OH excluding ortho intramolecular Hbond substituents is 2. The smallest absolute Gasteiger partial charge is 0.415 e. The maximum Gasteiger partial charge on any atom is 0.415 e. The minimum Gasteiger partial charge on any atom is -0.508 e. The van der Waals surface area contributed by atoms with Crippen LogP contribution in [0, 0.1) is 0 Å². The van der Waals surface area contributed by atoms with Gasteiger partial charge in [-0.15, -0.1) is 10.2 Å². The van der Waals surface area contributed by atoms with Gasteiger partial charge < -0.3 is 43.9 Å². The van der Waals surface area contributed by atoms with Crippen molar-refractivity contribution in [2.24, 2.45) is 0 Å². The van der Waals surface area contributed by atoms with Gasteiger partial charge in [0.1, 0.15) is 35.4 Å². The van der Waals surface area contributed by atoms with Gasteiger partial charge in [-0.05, 0) is 128 Å². The van der Waals surface area contributed by atoms with E-state index < -0.39 is 12.0 Å². The Morgan fingerprint density at radius 2 is 1.60 bits per heavy atom. The predicted molar refractivity (Wildman–Crippen MR) is 255 cm³/mol. The molecule has 0 atom stereocenters. The summed E-state index contributed by atoms with van der Waals surface area (Å²) in [6.07, 6.45) is 8.52. The summed E-state index contributed by atoms with van der Waals surface area (Å²) >= 11 is 0. The van der Waals surface area contributed by atoms with Gasteiger partial charge in [0.2, 0.25) is 5.82 Å². The first-order valence-corrected chi connectivity index (χ1v) is 22.5. The van der Waals surface area contributed by atoms with Crippen LogP contribution in [0.5, 0.6) is 28.7 Å². The van der Waals surface area contributed by atoms with Crippen molar-refractivity contribution in [2.45, 2.75) is 52.2 Å². The first-order chi connectivity index (χ1) is 32.9. The van der Waals surface area contributed by atoms with E-state index in [4.69, 9.17) is 19.2 Å². The van der Waals surface area contributed by atoms with E-state index in [-0.39, 0.29) is 41.0 Å². The molecule has 1 fully saturated rings. The molecule has 3 N–H and O–H groups in total. The van der Waals surface area contributed by atoms with Gasteiger partial charge in [-0.2, -0.15) is 0 Å². The summed E-state index contributed by atoms with van der Waals surface area (Å²) in [5.74, 6) is 0.808. The largest absolute Gasteiger partial charge is 0.508 e. The van der Waals surface area contributed by atoms with E-state index in [1.807, 2.05) is 38.3 Å². The number of pyridine rings is 2. The summed E-state index contributed by atoms with van der Waals surface area (Å²) in [6.45, 7) is 7.49. The van der Waals surface area contributed by atoms with Gasteiger partial charge in [0, 0.05) is 78.8 Å². The van der Waals surface area contributed by atoms with Gasteiger partial charge in [-0.1, -0.05) is 13.8 Å². The average Bonchev–Trinajstić information content (AvgIpc) is 3.94. The molecule has 3 amide bonds. The van der Waals surface area contributed by atoms with Crippen LogP contribution in [0.2, 0.25) is 0 Å². The summed E-state index contributed by atoms with van der Waals surface area (Å²) in [7, 11) is 1.73. The zero-order chi connectivity index (χ0) is 47.2. The van der Waals surface area contributed by atoms with Gasteiger partial charge >= 0.3 is 6.09 Å². The van der Waals surface area contributed by atoms with E-state index >= 15 is 0 Å². The number of amides is 3. The van der Waals surface area contributed by atoms with Crippen molar-refractivity contribution >= 4 is 51.3 Å².